The van der Waals surface area contributed by atoms with E-state index in [-0.39, 0.29) is 17.0 Å². The topological polar surface area (TPSA) is 102 Å². The van der Waals surface area contributed by atoms with Crippen molar-refractivity contribution in [2.75, 3.05) is 7.11 Å². The molecule has 1 heterocycles. The van der Waals surface area contributed by atoms with E-state index in [0.29, 0.717) is 5.06 Å². The van der Waals surface area contributed by atoms with Gasteiger partial charge in [-0.15, -0.1) is 0 Å². The average Bonchev–Trinajstić information content (AvgIpc) is 2.77. The highest BCUT2D eigenvalue weighted by atomic mass is 16.7. The van der Waals surface area contributed by atoms with Gasteiger partial charge in [0.25, 0.3) is 11.8 Å². The van der Waals surface area contributed by atoms with Gasteiger partial charge in [-0.1, -0.05) is 31.0 Å². The lowest BCUT2D eigenvalue weighted by molar-refractivity contribution is -0.172. The van der Waals surface area contributed by atoms with Gasteiger partial charge in [-0.05, 0) is 18.1 Å². The lowest BCUT2D eigenvalue weighted by atomic mass is 10.1. The Morgan fingerprint density at radius 3 is 2.04 bits per heavy atom. The first-order valence-electron chi connectivity index (χ1n) is 6.91. The molecule has 0 saturated heterocycles. The summed E-state index contributed by atoms with van der Waals surface area (Å²) in [6, 6.07) is 5.08. The predicted molar refractivity (Wildman–Crippen MR) is 77.2 cm³/mol. The summed E-state index contributed by atoms with van der Waals surface area (Å²) in [5.74, 6) is -2.71. The number of carbonyl (C=O) groups is 4. The van der Waals surface area contributed by atoms with E-state index in [0.717, 1.165) is 7.11 Å². The van der Waals surface area contributed by atoms with Gasteiger partial charge >= 0.3 is 12.1 Å². The van der Waals surface area contributed by atoms with Crippen molar-refractivity contribution in [3.05, 3.63) is 35.4 Å². The smallest absolute Gasteiger partial charge is 0.407 e. The molecule has 0 bridgehead atoms. The third-order valence-electron chi connectivity index (χ3n) is 3.32. The second kappa shape index (κ2) is 6.47. The van der Waals surface area contributed by atoms with Gasteiger partial charge in [0.15, 0.2) is 0 Å². The van der Waals surface area contributed by atoms with E-state index in [2.05, 4.69) is 10.1 Å². The molecule has 0 unspecified atom stereocenters. The molecule has 1 aliphatic heterocycles. The van der Waals surface area contributed by atoms with Crippen molar-refractivity contribution >= 4 is 23.9 Å². The standard InChI is InChI=1S/C15H16N2O6/c1-8(2)11(16-15(21)22-3)14(20)23-17-12(18)9-6-4-5-7-10(9)13(17)19/h4-8,11H,1-3H3,(H,16,21)/t11-/m0/s1. The van der Waals surface area contributed by atoms with Crippen LogP contribution >= 0.6 is 0 Å². The minimum Gasteiger partial charge on any atom is -0.453 e. The summed E-state index contributed by atoms with van der Waals surface area (Å²) in [4.78, 5) is 52.7. The Morgan fingerprint density at radius 2 is 1.61 bits per heavy atom. The molecule has 3 amide bonds. The molecule has 2 rings (SSSR count). The molecule has 1 N–H and O–H groups in total. The molecular weight excluding hydrogens is 304 g/mol. The molecule has 0 radical (unpaired) electrons. The number of rotatable bonds is 4. The average molecular weight is 320 g/mol. The van der Waals surface area contributed by atoms with Crippen molar-refractivity contribution in [1.29, 1.82) is 0 Å². The van der Waals surface area contributed by atoms with E-state index in [9.17, 15) is 19.2 Å². The SMILES string of the molecule is COC(=O)N[C@H](C(=O)ON1C(=O)c2ccccc2C1=O)C(C)C. The molecule has 0 saturated carbocycles. The van der Waals surface area contributed by atoms with Gasteiger partial charge in [0, 0.05) is 0 Å². The van der Waals surface area contributed by atoms with Gasteiger partial charge in [0.2, 0.25) is 0 Å². The van der Waals surface area contributed by atoms with Crippen LogP contribution in [-0.4, -0.2) is 42.1 Å². The molecule has 0 aliphatic carbocycles. The number of imide groups is 1. The highest BCUT2D eigenvalue weighted by Gasteiger charge is 2.40. The lowest BCUT2D eigenvalue weighted by Gasteiger charge is -2.21. The summed E-state index contributed by atoms with van der Waals surface area (Å²) >= 11 is 0. The number of hydrogen-bond donors (Lipinski definition) is 1. The number of benzene rings is 1. The van der Waals surface area contributed by atoms with Gasteiger partial charge in [0.1, 0.15) is 6.04 Å². The third-order valence-corrected chi connectivity index (χ3v) is 3.32. The highest BCUT2D eigenvalue weighted by Crippen LogP contribution is 2.23. The van der Waals surface area contributed by atoms with E-state index in [1.165, 1.54) is 12.1 Å². The quantitative estimate of drug-likeness (QED) is 0.834. The van der Waals surface area contributed by atoms with Crippen LogP contribution in [0.15, 0.2) is 24.3 Å². The highest BCUT2D eigenvalue weighted by molar-refractivity contribution is 6.20. The number of hydroxylamine groups is 2. The van der Waals surface area contributed by atoms with Gasteiger partial charge in [0.05, 0.1) is 18.2 Å². The van der Waals surface area contributed by atoms with E-state index < -0.39 is 29.9 Å². The number of nitrogens with zero attached hydrogens (tertiary/aromatic N) is 1. The zero-order valence-corrected chi connectivity index (χ0v) is 12.9. The van der Waals surface area contributed by atoms with Crippen molar-refractivity contribution in [3.63, 3.8) is 0 Å². The van der Waals surface area contributed by atoms with Crippen LogP contribution in [0.25, 0.3) is 0 Å². The number of methoxy groups -OCH3 is 1. The van der Waals surface area contributed by atoms with E-state index >= 15 is 0 Å². The lowest BCUT2D eigenvalue weighted by Crippen LogP contribution is -2.48. The van der Waals surface area contributed by atoms with Gasteiger partial charge in [-0.2, -0.15) is 0 Å². The number of hydrogen-bond acceptors (Lipinski definition) is 6. The van der Waals surface area contributed by atoms with Crippen LogP contribution < -0.4 is 5.32 Å². The molecule has 0 aromatic heterocycles. The summed E-state index contributed by atoms with van der Waals surface area (Å²) in [5.41, 5.74) is 0.319. The molecule has 0 spiro atoms. The van der Waals surface area contributed by atoms with Crippen LogP contribution in [0.2, 0.25) is 0 Å². The fourth-order valence-electron chi connectivity index (χ4n) is 2.08. The van der Waals surface area contributed by atoms with Gasteiger partial charge in [-0.3, -0.25) is 9.59 Å². The number of alkyl carbamates (subject to hydrolysis) is 1. The summed E-state index contributed by atoms with van der Waals surface area (Å²) in [6.45, 7) is 3.34. The molecule has 0 fully saturated rings. The minimum atomic E-state index is -1.06. The van der Waals surface area contributed by atoms with Crippen LogP contribution in [0.5, 0.6) is 0 Å². The van der Waals surface area contributed by atoms with Crippen LogP contribution in [0.3, 0.4) is 0 Å². The number of ether oxygens (including phenoxy) is 1. The molecule has 122 valence electrons. The van der Waals surface area contributed by atoms with Crippen LogP contribution in [0.1, 0.15) is 34.6 Å². The third kappa shape index (κ3) is 3.15. The van der Waals surface area contributed by atoms with Crippen molar-refractivity contribution in [2.45, 2.75) is 19.9 Å². The summed E-state index contributed by atoms with van der Waals surface area (Å²) < 4.78 is 4.44. The molecule has 8 heteroatoms. The molecule has 23 heavy (non-hydrogen) atoms. The first kappa shape index (κ1) is 16.5. The van der Waals surface area contributed by atoms with Crippen LogP contribution in [0.4, 0.5) is 4.79 Å². The minimum absolute atomic E-state index is 0.160. The second-order valence-electron chi connectivity index (χ2n) is 5.22. The first-order chi connectivity index (χ1) is 10.9. The van der Waals surface area contributed by atoms with Crippen molar-refractivity contribution < 1.29 is 28.8 Å². The molecule has 1 atom stereocenters. The summed E-state index contributed by atoms with van der Waals surface area (Å²) in [6.07, 6.45) is -0.817. The Labute approximate surface area is 132 Å². The Morgan fingerprint density at radius 1 is 1.09 bits per heavy atom. The zero-order valence-electron chi connectivity index (χ0n) is 12.9. The Kier molecular flexibility index (Phi) is 4.63. The zero-order chi connectivity index (χ0) is 17.1. The summed E-state index contributed by atoms with van der Waals surface area (Å²) in [7, 11) is 1.15. The monoisotopic (exact) mass is 320 g/mol. The van der Waals surface area contributed by atoms with Crippen LogP contribution in [0, 0.1) is 5.92 Å². The normalized spacial score (nSPS) is 14.5. The summed E-state index contributed by atoms with van der Waals surface area (Å²) in [5, 5.41) is 2.71. The number of fused-ring (bicyclic) bond motifs is 1. The first-order valence-corrected chi connectivity index (χ1v) is 6.91. The molecule has 1 aromatic carbocycles. The fourth-order valence-corrected chi connectivity index (χ4v) is 2.08. The maximum Gasteiger partial charge on any atom is 0.407 e. The fraction of sp³-hybridized carbons (Fsp3) is 0.333. The Bertz CT molecular complexity index is 635. The van der Waals surface area contributed by atoms with Gasteiger partial charge in [-0.25, -0.2) is 9.59 Å². The Hall–Kier alpha value is -2.90. The van der Waals surface area contributed by atoms with E-state index in [4.69, 9.17) is 4.84 Å². The molecule has 8 nitrogen and oxygen atoms in total. The predicted octanol–water partition coefficient (Wildman–Crippen LogP) is 1.12. The van der Waals surface area contributed by atoms with E-state index in [1.807, 2.05) is 0 Å². The number of amides is 3. The van der Waals surface area contributed by atoms with Crippen molar-refractivity contribution in [3.8, 4) is 0 Å². The number of carbonyl (C=O) groups excluding carboxylic acids is 4. The number of nitrogens with one attached hydrogen (secondary N) is 1. The molecule has 1 aromatic rings. The Balaban J connectivity index is 2.15. The largest absolute Gasteiger partial charge is 0.453 e. The maximum atomic E-state index is 12.2. The molecular formula is C15H16N2O6. The second-order valence-corrected chi connectivity index (χ2v) is 5.22. The maximum absolute atomic E-state index is 12.2. The van der Waals surface area contributed by atoms with Gasteiger partial charge < -0.3 is 14.9 Å². The van der Waals surface area contributed by atoms with Crippen molar-refractivity contribution in [1.82, 2.24) is 10.4 Å². The van der Waals surface area contributed by atoms with Crippen molar-refractivity contribution in [2.24, 2.45) is 5.92 Å². The molecule has 1 aliphatic rings. The van der Waals surface area contributed by atoms with E-state index in [1.54, 1.807) is 26.0 Å². The van der Waals surface area contributed by atoms with Crippen LogP contribution in [-0.2, 0) is 14.4 Å².